The molecule has 8 heteroatoms. The molecule has 3 saturated heterocycles. The Morgan fingerprint density at radius 2 is 1.95 bits per heavy atom. The summed E-state index contributed by atoms with van der Waals surface area (Å²) in [5.74, 6) is 0.410. The lowest BCUT2D eigenvalue weighted by Gasteiger charge is -2.30. The van der Waals surface area contributed by atoms with Crippen LogP contribution in [0, 0.1) is 5.82 Å². The molecular formula is C29H37FN4O3. The van der Waals surface area contributed by atoms with Gasteiger partial charge in [0.15, 0.2) is 0 Å². The number of rotatable bonds is 7. The first kappa shape index (κ1) is 24.6. The quantitative estimate of drug-likeness (QED) is 0.597. The van der Waals surface area contributed by atoms with Crippen molar-refractivity contribution in [2.24, 2.45) is 0 Å². The van der Waals surface area contributed by atoms with E-state index in [9.17, 15) is 4.79 Å². The average Bonchev–Trinajstić information content (AvgIpc) is 3.61. The monoisotopic (exact) mass is 508 g/mol. The van der Waals surface area contributed by atoms with Crippen LogP contribution in [0.4, 0.5) is 15.8 Å². The Bertz CT molecular complexity index is 1120. The highest BCUT2D eigenvalue weighted by Crippen LogP contribution is 2.32. The van der Waals surface area contributed by atoms with Crippen LogP contribution in [0.1, 0.15) is 48.0 Å². The zero-order valence-corrected chi connectivity index (χ0v) is 21.4. The van der Waals surface area contributed by atoms with Crippen LogP contribution in [-0.4, -0.2) is 70.0 Å². The molecule has 6 rings (SSSR count). The number of piperidine rings is 1. The van der Waals surface area contributed by atoms with Crippen LogP contribution in [0.3, 0.4) is 0 Å². The second-order valence-corrected chi connectivity index (χ2v) is 10.7. The highest BCUT2D eigenvalue weighted by atomic mass is 19.1. The standard InChI is InChI=1S/C29H37FN4O3/c30-27-17-23(3-6-28(27)33-13-10-22(18-33)32-21-7-11-31-12-8-21)34-14-9-20-16-24(4-5-26(20)29(34)35)37-19-25-2-1-15-36-25/h3-6,16-17,21-22,25,31-32H,1-2,7-15,18-19H2/t22-,25+/m1/s1. The van der Waals surface area contributed by atoms with Gasteiger partial charge < -0.3 is 29.9 Å². The van der Waals surface area contributed by atoms with Crippen LogP contribution in [0.2, 0.25) is 0 Å². The molecule has 2 aromatic carbocycles. The number of fused-ring (bicyclic) bond motifs is 1. The molecule has 2 aromatic rings. The lowest BCUT2D eigenvalue weighted by Crippen LogP contribution is -2.45. The summed E-state index contributed by atoms with van der Waals surface area (Å²) in [5.41, 5.74) is 2.87. The Morgan fingerprint density at radius 1 is 1.05 bits per heavy atom. The van der Waals surface area contributed by atoms with E-state index in [1.807, 2.05) is 30.3 Å². The van der Waals surface area contributed by atoms with Crippen molar-refractivity contribution >= 4 is 17.3 Å². The van der Waals surface area contributed by atoms with E-state index in [1.54, 1.807) is 4.90 Å². The van der Waals surface area contributed by atoms with Crippen molar-refractivity contribution in [1.29, 1.82) is 0 Å². The molecule has 2 N–H and O–H groups in total. The number of benzene rings is 2. The van der Waals surface area contributed by atoms with Gasteiger partial charge in [0, 0.05) is 49.6 Å². The third kappa shape index (κ3) is 5.47. The van der Waals surface area contributed by atoms with E-state index >= 15 is 4.39 Å². The van der Waals surface area contributed by atoms with Crippen LogP contribution in [0.25, 0.3) is 0 Å². The van der Waals surface area contributed by atoms with Gasteiger partial charge in [-0.25, -0.2) is 4.39 Å². The number of amides is 1. The maximum atomic E-state index is 15.3. The van der Waals surface area contributed by atoms with E-state index in [1.165, 1.54) is 6.07 Å². The maximum Gasteiger partial charge on any atom is 0.258 e. The third-order valence-electron chi connectivity index (χ3n) is 8.20. The van der Waals surface area contributed by atoms with E-state index in [2.05, 4.69) is 15.5 Å². The SMILES string of the molecule is O=C1c2ccc(OC[C@@H]3CCCO3)cc2CCN1c1ccc(N2CC[C@@H](NC3CCNCC3)C2)c(F)c1. The molecule has 4 aliphatic rings. The fourth-order valence-electron chi connectivity index (χ4n) is 6.12. The lowest BCUT2D eigenvalue weighted by atomic mass is 9.98. The van der Waals surface area contributed by atoms with Crippen LogP contribution in [-0.2, 0) is 11.2 Å². The second kappa shape index (κ2) is 11.0. The molecule has 0 unspecified atom stereocenters. The van der Waals surface area contributed by atoms with Gasteiger partial charge in [0.2, 0.25) is 0 Å². The van der Waals surface area contributed by atoms with Gasteiger partial charge in [-0.2, -0.15) is 0 Å². The normalized spacial score (nSPS) is 24.5. The van der Waals surface area contributed by atoms with Gasteiger partial charge in [0.25, 0.3) is 5.91 Å². The van der Waals surface area contributed by atoms with Crippen molar-refractivity contribution < 1.29 is 18.7 Å². The van der Waals surface area contributed by atoms with Gasteiger partial charge in [-0.15, -0.1) is 0 Å². The molecule has 0 bridgehead atoms. The Morgan fingerprint density at radius 3 is 2.76 bits per heavy atom. The minimum atomic E-state index is -0.267. The number of carbonyl (C=O) groups is 1. The first-order valence-corrected chi connectivity index (χ1v) is 13.8. The zero-order valence-electron chi connectivity index (χ0n) is 21.4. The molecule has 198 valence electrons. The van der Waals surface area contributed by atoms with E-state index in [4.69, 9.17) is 9.47 Å². The van der Waals surface area contributed by atoms with Crippen LogP contribution in [0.5, 0.6) is 5.75 Å². The summed E-state index contributed by atoms with van der Waals surface area (Å²) in [4.78, 5) is 17.1. The third-order valence-corrected chi connectivity index (χ3v) is 8.20. The van der Waals surface area contributed by atoms with Gasteiger partial charge in [-0.1, -0.05) is 0 Å². The van der Waals surface area contributed by atoms with Crippen molar-refractivity contribution in [2.45, 2.75) is 56.7 Å². The molecule has 4 heterocycles. The summed E-state index contributed by atoms with van der Waals surface area (Å²) in [6.45, 7) is 5.64. The highest BCUT2D eigenvalue weighted by Gasteiger charge is 2.29. The molecular weight excluding hydrogens is 471 g/mol. The first-order valence-electron chi connectivity index (χ1n) is 13.8. The number of hydrogen-bond donors (Lipinski definition) is 2. The van der Waals surface area contributed by atoms with Crippen molar-refractivity contribution in [3.05, 3.63) is 53.3 Å². The van der Waals surface area contributed by atoms with Crippen LogP contribution < -0.4 is 25.2 Å². The Balaban J connectivity index is 1.09. The molecule has 1 amide bonds. The number of nitrogens with one attached hydrogen (secondary N) is 2. The van der Waals surface area contributed by atoms with Gasteiger partial charge in [-0.3, -0.25) is 4.79 Å². The van der Waals surface area contributed by atoms with Gasteiger partial charge in [0.05, 0.1) is 11.8 Å². The molecule has 0 spiro atoms. The predicted octanol–water partition coefficient (Wildman–Crippen LogP) is 3.51. The number of nitrogens with zero attached hydrogens (tertiary/aromatic N) is 2. The Hall–Kier alpha value is -2.68. The number of hydrogen-bond acceptors (Lipinski definition) is 6. The number of halogens is 1. The zero-order chi connectivity index (χ0) is 25.2. The molecule has 0 aliphatic carbocycles. The van der Waals surface area contributed by atoms with Crippen molar-refractivity contribution in [2.75, 3.05) is 55.7 Å². The maximum absolute atomic E-state index is 15.3. The van der Waals surface area contributed by atoms with E-state index < -0.39 is 0 Å². The summed E-state index contributed by atoms with van der Waals surface area (Å²) in [5, 5.41) is 7.17. The van der Waals surface area contributed by atoms with Gasteiger partial charge in [-0.05, 0) is 93.6 Å². The molecule has 3 fully saturated rings. The molecule has 0 radical (unpaired) electrons. The summed E-state index contributed by atoms with van der Waals surface area (Å²) in [7, 11) is 0. The van der Waals surface area contributed by atoms with Crippen LogP contribution in [0.15, 0.2) is 36.4 Å². The van der Waals surface area contributed by atoms with Crippen LogP contribution >= 0.6 is 0 Å². The fraction of sp³-hybridized carbons (Fsp3) is 0.552. The molecule has 4 aliphatic heterocycles. The first-order chi connectivity index (χ1) is 18.1. The molecule has 0 saturated carbocycles. The van der Waals surface area contributed by atoms with Gasteiger partial charge in [0.1, 0.15) is 18.2 Å². The number of anilines is 2. The van der Waals surface area contributed by atoms with Crippen molar-refractivity contribution in [1.82, 2.24) is 10.6 Å². The summed E-state index contributed by atoms with van der Waals surface area (Å²) in [6.07, 6.45) is 6.29. The average molecular weight is 509 g/mol. The summed E-state index contributed by atoms with van der Waals surface area (Å²) >= 11 is 0. The number of carbonyl (C=O) groups excluding carboxylic acids is 1. The topological polar surface area (TPSA) is 66.1 Å². The Labute approximate surface area is 218 Å². The summed E-state index contributed by atoms with van der Waals surface area (Å²) in [6, 6.07) is 11.8. The Kier molecular flexibility index (Phi) is 7.31. The molecule has 0 aromatic heterocycles. The largest absolute Gasteiger partial charge is 0.491 e. The van der Waals surface area contributed by atoms with Gasteiger partial charge >= 0.3 is 0 Å². The van der Waals surface area contributed by atoms with E-state index in [0.717, 1.165) is 76.2 Å². The minimum Gasteiger partial charge on any atom is -0.491 e. The van der Waals surface area contributed by atoms with Crippen molar-refractivity contribution in [3.63, 3.8) is 0 Å². The predicted molar refractivity (Wildman–Crippen MR) is 142 cm³/mol. The molecule has 2 atom stereocenters. The van der Waals surface area contributed by atoms with E-state index in [-0.39, 0.29) is 17.8 Å². The second-order valence-electron chi connectivity index (χ2n) is 10.7. The van der Waals surface area contributed by atoms with Crippen molar-refractivity contribution in [3.8, 4) is 5.75 Å². The minimum absolute atomic E-state index is 0.0912. The lowest BCUT2D eigenvalue weighted by molar-refractivity contribution is 0.0679. The van der Waals surface area contributed by atoms with E-state index in [0.29, 0.717) is 48.6 Å². The smallest absolute Gasteiger partial charge is 0.258 e. The fourth-order valence-corrected chi connectivity index (χ4v) is 6.12. The summed E-state index contributed by atoms with van der Waals surface area (Å²) < 4.78 is 26.8. The molecule has 7 nitrogen and oxygen atoms in total. The molecule has 37 heavy (non-hydrogen) atoms. The number of ether oxygens (including phenoxy) is 2. The highest BCUT2D eigenvalue weighted by molar-refractivity contribution is 6.08.